The first-order chi connectivity index (χ1) is 14.5. The first-order valence-corrected chi connectivity index (χ1v) is 10.4. The molecule has 9 nitrogen and oxygen atoms in total. The third-order valence-corrected chi connectivity index (χ3v) is 6.64. The highest BCUT2D eigenvalue weighted by Gasteiger charge is 2.40. The zero-order valence-electron chi connectivity index (χ0n) is 16.2. The van der Waals surface area contributed by atoms with Crippen molar-refractivity contribution in [2.75, 3.05) is 20.8 Å². The van der Waals surface area contributed by atoms with Gasteiger partial charge in [-0.15, -0.1) is 11.8 Å². The van der Waals surface area contributed by atoms with Gasteiger partial charge in [0.2, 0.25) is 0 Å². The van der Waals surface area contributed by atoms with Crippen LogP contribution in [0.4, 0.5) is 0 Å². The number of methoxy groups -OCH3 is 2. The Labute approximate surface area is 181 Å². The fourth-order valence-corrected chi connectivity index (χ4v) is 4.95. The van der Waals surface area contributed by atoms with Crippen molar-refractivity contribution in [3.63, 3.8) is 0 Å². The van der Waals surface area contributed by atoms with Gasteiger partial charge in [-0.2, -0.15) is 0 Å². The number of esters is 1. The first-order valence-electron chi connectivity index (χ1n) is 9.08. The molecule has 1 aliphatic heterocycles. The largest absolute Gasteiger partial charge is 0.497 e. The molecule has 3 heterocycles. The third-order valence-electron chi connectivity index (χ3n) is 4.82. The van der Waals surface area contributed by atoms with Gasteiger partial charge in [0.15, 0.2) is 10.8 Å². The quantitative estimate of drug-likeness (QED) is 0.447. The van der Waals surface area contributed by atoms with Crippen LogP contribution < -0.4 is 9.47 Å². The molecule has 158 valence electrons. The molecule has 4 rings (SSSR count). The number of halogens is 1. The van der Waals surface area contributed by atoms with Crippen LogP contribution in [-0.4, -0.2) is 62.8 Å². The van der Waals surface area contributed by atoms with Crippen LogP contribution in [0.1, 0.15) is 22.2 Å². The zero-order valence-corrected chi connectivity index (χ0v) is 17.8. The molecule has 1 N–H and O–H groups in total. The average molecular weight is 451 g/mol. The van der Waals surface area contributed by atoms with E-state index in [0.717, 1.165) is 0 Å². The van der Waals surface area contributed by atoms with E-state index in [-0.39, 0.29) is 27.9 Å². The number of hydrogen-bond donors (Lipinski definition) is 1. The Bertz CT molecular complexity index is 1080. The molecule has 0 aliphatic carbocycles. The minimum Gasteiger partial charge on any atom is -0.497 e. The molecule has 0 amide bonds. The van der Waals surface area contributed by atoms with Gasteiger partial charge in [0.05, 0.1) is 27.2 Å². The number of benzene rings is 1. The zero-order chi connectivity index (χ0) is 21.3. The van der Waals surface area contributed by atoms with Crippen LogP contribution in [0, 0.1) is 0 Å². The van der Waals surface area contributed by atoms with Gasteiger partial charge < -0.3 is 19.3 Å². The van der Waals surface area contributed by atoms with Crippen molar-refractivity contribution in [1.29, 1.82) is 0 Å². The van der Waals surface area contributed by atoms with Crippen molar-refractivity contribution in [3.05, 3.63) is 41.6 Å². The summed E-state index contributed by atoms with van der Waals surface area (Å²) in [5.74, 6) is 0.396. The lowest BCUT2D eigenvalue weighted by Gasteiger charge is -2.21. The van der Waals surface area contributed by atoms with E-state index in [4.69, 9.17) is 25.8 Å². The SMILES string of the molecule is COc1ccc(C(=O)O[C@@H]2C[C@@H](CO)S[C@H]2n2cnc3c(Cl)ncnc32)c(OC)c1. The topological polar surface area (TPSA) is 109 Å². The maximum atomic E-state index is 12.9. The van der Waals surface area contributed by atoms with E-state index >= 15 is 0 Å². The Balaban J connectivity index is 1.63. The second-order valence-corrected chi connectivity index (χ2v) is 8.35. The molecule has 0 saturated carbocycles. The lowest BCUT2D eigenvalue weighted by molar-refractivity contribution is 0.0245. The number of aromatic nitrogens is 4. The number of aliphatic hydroxyl groups excluding tert-OH is 1. The van der Waals surface area contributed by atoms with Crippen LogP contribution in [0.3, 0.4) is 0 Å². The summed E-state index contributed by atoms with van der Waals surface area (Å²) < 4.78 is 18.1. The third kappa shape index (κ3) is 3.78. The van der Waals surface area contributed by atoms with Gasteiger partial charge in [-0.05, 0) is 12.1 Å². The number of rotatable bonds is 6. The number of imidazole rings is 1. The summed E-state index contributed by atoms with van der Waals surface area (Å²) in [5.41, 5.74) is 1.29. The minimum atomic E-state index is -0.527. The Morgan fingerprint density at radius 2 is 2.13 bits per heavy atom. The minimum absolute atomic E-state index is 0.0382. The monoisotopic (exact) mass is 450 g/mol. The van der Waals surface area contributed by atoms with Crippen LogP contribution in [0.2, 0.25) is 5.15 Å². The molecule has 11 heteroatoms. The lowest BCUT2D eigenvalue weighted by atomic mass is 10.1. The van der Waals surface area contributed by atoms with E-state index in [2.05, 4.69) is 15.0 Å². The number of ether oxygens (including phenoxy) is 3. The normalized spacial score (nSPS) is 21.0. The smallest absolute Gasteiger partial charge is 0.342 e. The summed E-state index contributed by atoms with van der Waals surface area (Å²) in [4.78, 5) is 25.4. The predicted octanol–water partition coefficient (Wildman–Crippen LogP) is 2.72. The van der Waals surface area contributed by atoms with Crippen LogP contribution >= 0.6 is 23.4 Å². The summed E-state index contributed by atoms with van der Waals surface area (Å²) in [5, 5.41) is 9.50. The highest BCUT2D eigenvalue weighted by Crippen LogP contribution is 2.44. The van der Waals surface area contributed by atoms with Crippen molar-refractivity contribution < 1.29 is 24.1 Å². The van der Waals surface area contributed by atoms with Crippen LogP contribution in [0.5, 0.6) is 11.5 Å². The Hall–Kier alpha value is -2.56. The highest BCUT2D eigenvalue weighted by molar-refractivity contribution is 8.00. The molecule has 0 unspecified atom stereocenters. The molecule has 30 heavy (non-hydrogen) atoms. The molecule has 0 spiro atoms. The Morgan fingerprint density at radius 1 is 1.30 bits per heavy atom. The molecule has 1 aliphatic rings. The molecule has 1 saturated heterocycles. The number of hydrogen-bond acceptors (Lipinski definition) is 9. The van der Waals surface area contributed by atoms with Crippen molar-refractivity contribution in [1.82, 2.24) is 19.5 Å². The molecule has 1 aromatic carbocycles. The maximum Gasteiger partial charge on any atom is 0.342 e. The second kappa shape index (κ2) is 8.66. The van der Waals surface area contributed by atoms with E-state index in [1.165, 1.54) is 32.3 Å². The molecule has 0 bridgehead atoms. The number of carbonyl (C=O) groups is 1. The number of thioether (sulfide) groups is 1. The number of nitrogens with zero attached hydrogens (tertiary/aromatic N) is 4. The van der Waals surface area contributed by atoms with Crippen molar-refractivity contribution >= 4 is 40.5 Å². The van der Waals surface area contributed by atoms with Crippen molar-refractivity contribution in [2.24, 2.45) is 0 Å². The van der Waals surface area contributed by atoms with E-state index in [9.17, 15) is 9.90 Å². The van der Waals surface area contributed by atoms with Crippen LogP contribution in [-0.2, 0) is 4.74 Å². The van der Waals surface area contributed by atoms with Crippen LogP contribution in [0.15, 0.2) is 30.9 Å². The Kier molecular flexibility index (Phi) is 5.98. The summed E-state index contributed by atoms with van der Waals surface area (Å²) in [7, 11) is 3.01. The maximum absolute atomic E-state index is 12.9. The Morgan fingerprint density at radius 3 is 2.87 bits per heavy atom. The summed E-state index contributed by atoms with van der Waals surface area (Å²) >= 11 is 7.60. The molecule has 2 aromatic heterocycles. The highest BCUT2D eigenvalue weighted by atomic mass is 35.5. The molecule has 3 atom stereocenters. The van der Waals surface area contributed by atoms with E-state index in [0.29, 0.717) is 29.1 Å². The van der Waals surface area contributed by atoms with E-state index in [1.807, 2.05) is 0 Å². The van der Waals surface area contributed by atoms with Gasteiger partial charge in [0.25, 0.3) is 0 Å². The van der Waals surface area contributed by atoms with Gasteiger partial charge in [-0.25, -0.2) is 19.7 Å². The summed E-state index contributed by atoms with van der Waals surface area (Å²) in [6.07, 6.45) is 2.92. The van der Waals surface area contributed by atoms with Crippen LogP contribution in [0.25, 0.3) is 11.2 Å². The predicted molar refractivity (Wildman–Crippen MR) is 111 cm³/mol. The van der Waals surface area contributed by atoms with Gasteiger partial charge in [0, 0.05) is 17.7 Å². The van der Waals surface area contributed by atoms with Crippen molar-refractivity contribution in [2.45, 2.75) is 23.1 Å². The fraction of sp³-hybridized carbons (Fsp3) is 0.368. The first kappa shape index (κ1) is 20.7. The fourth-order valence-electron chi connectivity index (χ4n) is 3.36. The van der Waals surface area contributed by atoms with Gasteiger partial charge >= 0.3 is 5.97 Å². The molecule has 3 aromatic rings. The number of aliphatic hydroxyl groups is 1. The number of fused-ring (bicyclic) bond motifs is 1. The molecule has 1 fully saturated rings. The lowest BCUT2D eigenvalue weighted by Crippen LogP contribution is -2.24. The van der Waals surface area contributed by atoms with Gasteiger partial charge in [-0.3, -0.25) is 4.57 Å². The van der Waals surface area contributed by atoms with E-state index in [1.54, 1.807) is 29.1 Å². The van der Waals surface area contributed by atoms with Crippen molar-refractivity contribution in [3.8, 4) is 11.5 Å². The standard InChI is InChI=1S/C19H19ClN4O5S/c1-27-10-3-4-12(13(5-10)28-2)19(26)29-14-6-11(7-25)30-18(14)24-9-23-15-16(20)21-8-22-17(15)24/h3-5,8-9,11,14,18,25H,6-7H2,1-2H3/t11-,14+,18+/m0/s1. The van der Waals surface area contributed by atoms with E-state index < -0.39 is 12.1 Å². The molecular weight excluding hydrogens is 432 g/mol. The second-order valence-electron chi connectivity index (χ2n) is 6.57. The van der Waals surface area contributed by atoms with Gasteiger partial charge in [-0.1, -0.05) is 11.6 Å². The molecule has 0 radical (unpaired) electrons. The average Bonchev–Trinajstić information content (AvgIpc) is 3.37. The molecular formula is C19H19ClN4O5S. The summed E-state index contributed by atoms with van der Waals surface area (Å²) in [6, 6.07) is 4.88. The summed E-state index contributed by atoms with van der Waals surface area (Å²) in [6.45, 7) is -0.0382. The number of carbonyl (C=O) groups excluding carboxylic acids is 1. The van der Waals surface area contributed by atoms with Gasteiger partial charge in [0.1, 0.15) is 40.4 Å².